The topological polar surface area (TPSA) is 173 Å². The Hall–Kier alpha value is -3.85. The number of carboxylic acids is 1. The van der Waals surface area contributed by atoms with Gasteiger partial charge in [0.05, 0.1) is 30.9 Å². The molecule has 3 N–H and O–H groups in total. The van der Waals surface area contributed by atoms with Gasteiger partial charge in [0.25, 0.3) is 6.47 Å². The van der Waals surface area contributed by atoms with Gasteiger partial charge in [0.1, 0.15) is 22.4 Å². The monoisotopic (exact) mass is 657 g/mol. The molecule has 1 fully saturated rings. The number of carbonyl (C=O) groups is 2. The second-order valence-electron chi connectivity index (χ2n) is 12.3. The summed E-state index contributed by atoms with van der Waals surface area (Å²) in [7, 11) is -3.83. The highest BCUT2D eigenvalue weighted by Gasteiger charge is 2.40. The normalized spacial score (nSPS) is 19.1. The van der Waals surface area contributed by atoms with E-state index in [4.69, 9.17) is 19.4 Å². The van der Waals surface area contributed by atoms with Crippen LogP contribution in [0.25, 0.3) is 0 Å². The van der Waals surface area contributed by atoms with Gasteiger partial charge in [-0.3, -0.25) is 14.3 Å². The number of nitrogens with zero attached hydrogens (tertiary/aromatic N) is 4. The molecule has 0 radical (unpaired) electrons. The molecule has 1 aromatic heterocycles. The number of para-hydroxylation sites is 1. The zero-order valence-corrected chi connectivity index (χ0v) is 27.4. The molecule has 2 atom stereocenters. The summed E-state index contributed by atoms with van der Waals surface area (Å²) in [5.41, 5.74) is 1.63. The van der Waals surface area contributed by atoms with Gasteiger partial charge < -0.3 is 25.0 Å². The Balaban J connectivity index is 0.00000154. The third-order valence-corrected chi connectivity index (χ3v) is 10.2. The van der Waals surface area contributed by atoms with Crippen molar-refractivity contribution in [3.63, 3.8) is 0 Å². The van der Waals surface area contributed by atoms with Gasteiger partial charge in [0.15, 0.2) is 0 Å². The lowest BCUT2D eigenvalue weighted by Crippen LogP contribution is -2.36. The van der Waals surface area contributed by atoms with E-state index in [1.807, 2.05) is 42.9 Å². The number of hydrogen-bond donors (Lipinski definition) is 3. The highest BCUT2D eigenvalue weighted by Crippen LogP contribution is 2.39. The molecule has 0 bridgehead atoms. The summed E-state index contributed by atoms with van der Waals surface area (Å²) in [6.45, 7) is 9.92. The minimum Gasteiger partial charge on any atom is -0.488 e. The van der Waals surface area contributed by atoms with Gasteiger partial charge in [-0.25, -0.2) is 8.42 Å². The van der Waals surface area contributed by atoms with E-state index in [9.17, 15) is 18.3 Å². The summed E-state index contributed by atoms with van der Waals surface area (Å²) in [6.07, 6.45) is 2.86. The number of rotatable bonds is 10. The molecule has 0 aliphatic carbocycles. The van der Waals surface area contributed by atoms with E-state index < -0.39 is 27.5 Å². The Bertz CT molecular complexity index is 1600. The van der Waals surface area contributed by atoms with E-state index >= 15 is 0 Å². The van der Waals surface area contributed by atoms with Crippen molar-refractivity contribution < 1.29 is 37.7 Å². The molecule has 3 aromatic rings. The molecule has 1 unspecified atom stereocenters. The van der Waals surface area contributed by atoms with Gasteiger partial charge in [-0.15, -0.1) is 5.10 Å². The van der Waals surface area contributed by atoms with Gasteiger partial charge in [-0.1, -0.05) is 35.5 Å². The van der Waals surface area contributed by atoms with Crippen LogP contribution < -0.4 is 10.1 Å². The van der Waals surface area contributed by atoms with Crippen LogP contribution in [-0.2, 0) is 44.0 Å². The predicted molar refractivity (Wildman–Crippen MR) is 169 cm³/mol. The molecule has 2 aliphatic heterocycles. The van der Waals surface area contributed by atoms with Crippen LogP contribution >= 0.6 is 0 Å². The van der Waals surface area contributed by atoms with Crippen LogP contribution in [0.1, 0.15) is 62.1 Å². The first-order chi connectivity index (χ1) is 21.9. The second-order valence-corrected chi connectivity index (χ2v) is 14.2. The molecule has 5 rings (SSSR count). The van der Waals surface area contributed by atoms with Crippen LogP contribution in [0.5, 0.6) is 5.75 Å². The smallest absolute Gasteiger partial charge is 0.312 e. The third-order valence-electron chi connectivity index (χ3n) is 8.37. The molecule has 2 aliphatic rings. The summed E-state index contributed by atoms with van der Waals surface area (Å²) in [6, 6.07) is 12.2. The van der Waals surface area contributed by atoms with Crippen LogP contribution in [0.3, 0.4) is 0 Å². The molecule has 2 aromatic carbocycles. The van der Waals surface area contributed by atoms with E-state index in [2.05, 4.69) is 15.6 Å². The Labute approximate surface area is 269 Å². The summed E-state index contributed by atoms with van der Waals surface area (Å²) in [4.78, 5) is 20.9. The molecule has 3 heterocycles. The van der Waals surface area contributed by atoms with Crippen LogP contribution in [-0.4, -0.2) is 76.1 Å². The van der Waals surface area contributed by atoms with Gasteiger partial charge >= 0.3 is 5.97 Å². The number of hydrogen-bond acceptors (Lipinski definition) is 9. The molecule has 0 spiro atoms. The van der Waals surface area contributed by atoms with Gasteiger partial charge in [-0.05, 0) is 88.4 Å². The first-order valence-corrected chi connectivity index (χ1v) is 16.7. The van der Waals surface area contributed by atoms with E-state index in [-0.39, 0.29) is 37.2 Å². The Morgan fingerprint density at radius 1 is 1.22 bits per heavy atom. The van der Waals surface area contributed by atoms with Crippen molar-refractivity contribution >= 4 is 22.5 Å². The lowest BCUT2D eigenvalue weighted by atomic mass is 9.81. The number of aliphatic carboxylic acids is 1. The number of benzene rings is 2. The fourth-order valence-corrected chi connectivity index (χ4v) is 7.34. The molecule has 1 saturated heterocycles. The highest BCUT2D eigenvalue weighted by molar-refractivity contribution is 7.89. The number of fused-ring (bicyclic) bond motifs is 1. The molecule has 46 heavy (non-hydrogen) atoms. The minimum absolute atomic E-state index is 0.0863. The fraction of sp³-hybridized carbons (Fsp3) is 0.500. The van der Waals surface area contributed by atoms with Crippen LogP contribution in [0.2, 0.25) is 0 Å². The first kappa shape index (κ1) is 35.0. The van der Waals surface area contributed by atoms with Crippen LogP contribution in [0, 0.1) is 18.3 Å². The SMILES string of the molecule is Cc1ccc(C(OCc2cn(CC3CCNCC3)nn2)C(C)(C)C(=O)O)cc1CN1C[C@@H](C)Oc2ccccc2S1(=O)=O.O=CO. The number of sulfonamides is 1. The maximum Gasteiger partial charge on any atom is 0.312 e. The molecule has 14 heteroatoms. The van der Waals surface area contributed by atoms with Crippen molar-refractivity contribution in [2.24, 2.45) is 11.3 Å². The summed E-state index contributed by atoms with van der Waals surface area (Å²) >= 11 is 0. The number of aromatic nitrogens is 3. The highest BCUT2D eigenvalue weighted by atomic mass is 32.2. The van der Waals surface area contributed by atoms with Gasteiger partial charge in [0, 0.05) is 13.1 Å². The van der Waals surface area contributed by atoms with Gasteiger partial charge in [0.2, 0.25) is 10.0 Å². The Kier molecular flexibility index (Phi) is 11.5. The molecule has 0 saturated carbocycles. The zero-order chi connectivity index (χ0) is 33.5. The van der Waals surface area contributed by atoms with Crippen molar-refractivity contribution in [3.8, 4) is 5.75 Å². The maximum atomic E-state index is 13.7. The number of aryl methyl sites for hydroxylation is 1. The Morgan fingerprint density at radius 3 is 2.61 bits per heavy atom. The third kappa shape index (κ3) is 8.29. The maximum absolute atomic E-state index is 13.7. The summed E-state index contributed by atoms with van der Waals surface area (Å²) in [5.74, 6) is -0.128. The van der Waals surface area contributed by atoms with E-state index in [0.717, 1.165) is 43.6 Å². The molecule has 250 valence electrons. The number of piperidine rings is 1. The van der Waals surface area contributed by atoms with E-state index in [1.54, 1.807) is 38.1 Å². The lowest BCUT2D eigenvalue weighted by Gasteiger charge is -2.31. The van der Waals surface area contributed by atoms with Crippen molar-refractivity contribution in [2.45, 2.75) is 77.3 Å². The second kappa shape index (κ2) is 15.2. The average Bonchev–Trinajstić information content (AvgIpc) is 3.42. The molecular weight excluding hydrogens is 614 g/mol. The van der Waals surface area contributed by atoms with Gasteiger partial charge in [-0.2, -0.15) is 4.31 Å². The first-order valence-electron chi connectivity index (χ1n) is 15.2. The van der Waals surface area contributed by atoms with Crippen molar-refractivity contribution in [3.05, 3.63) is 71.0 Å². The number of ether oxygens (including phenoxy) is 2. The van der Waals surface area contributed by atoms with Crippen molar-refractivity contribution in [1.82, 2.24) is 24.6 Å². The largest absolute Gasteiger partial charge is 0.488 e. The van der Waals surface area contributed by atoms with E-state index in [0.29, 0.717) is 22.9 Å². The standard InChI is InChI=1S/C31H41N5O6S.CH2O2/c1-21-9-10-24(15-25(21)18-36-16-22(2)42-27-7-5-6-8-28(27)43(36,39)40)29(31(3,4)30(37)38)41-20-26-19-35(34-33-26)17-23-11-13-32-14-12-23;2-1-3/h5-10,15,19,22-23,29,32H,11-14,16-18,20H2,1-4H3,(H,37,38);1H,(H,2,3)/t22-,29?;/m1./s1. The van der Waals surface area contributed by atoms with E-state index in [1.165, 1.54) is 4.31 Å². The van der Waals surface area contributed by atoms with Crippen molar-refractivity contribution in [2.75, 3.05) is 19.6 Å². The minimum atomic E-state index is -3.83. The summed E-state index contributed by atoms with van der Waals surface area (Å²) in [5, 5.41) is 28.9. The van der Waals surface area contributed by atoms with Crippen LogP contribution in [0.4, 0.5) is 0 Å². The Morgan fingerprint density at radius 2 is 1.91 bits per heavy atom. The lowest BCUT2D eigenvalue weighted by molar-refractivity contribution is -0.158. The number of nitrogens with one attached hydrogen (secondary N) is 1. The molecule has 13 nitrogen and oxygen atoms in total. The van der Waals surface area contributed by atoms with Crippen LogP contribution in [0.15, 0.2) is 53.6 Å². The molecule has 0 amide bonds. The van der Waals surface area contributed by atoms with Crippen molar-refractivity contribution in [1.29, 1.82) is 0 Å². The zero-order valence-electron chi connectivity index (χ0n) is 26.6. The quantitative estimate of drug-likeness (QED) is 0.272. The predicted octanol–water partition coefficient (Wildman–Crippen LogP) is 3.63. The number of carboxylic acid groups (broad SMARTS) is 2. The fourth-order valence-electron chi connectivity index (χ4n) is 5.73. The average molecular weight is 658 g/mol. The summed E-state index contributed by atoms with van der Waals surface area (Å²) < 4.78 is 42.8. The molecular formula is C32H43N5O8S.